The second-order valence-electron chi connectivity index (χ2n) is 6.15. The molecule has 0 bridgehead atoms. The number of aromatic nitrogens is 2. The first-order valence-electron chi connectivity index (χ1n) is 8.44. The summed E-state index contributed by atoms with van der Waals surface area (Å²) in [6.07, 6.45) is 2.01. The highest BCUT2D eigenvalue weighted by molar-refractivity contribution is 7.99. The average molecular weight is 420 g/mol. The molecule has 0 spiro atoms. The lowest BCUT2D eigenvalue weighted by Crippen LogP contribution is -2.23. The fourth-order valence-electron chi connectivity index (χ4n) is 2.57. The topological polar surface area (TPSA) is 74.8 Å². The van der Waals surface area contributed by atoms with Gasteiger partial charge in [0.15, 0.2) is 0 Å². The molecule has 142 valence electrons. The molecule has 3 rings (SSSR count). The summed E-state index contributed by atoms with van der Waals surface area (Å²) in [5.41, 5.74) is 1.66. The maximum Gasteiger partial charge on any atom is 0.259 e. The minimum Gasteiger partial charge on any atom is -0.325 e. The van der Waals surface area contributed by atoms with Gasteiger partial charge in [0, 0.05) is 15.5 Å². The van der Waals surface area contributed by atoms with Crippen LogP contribution in [-0.2, 0) is 10.5 Å². The van der Waals surface area contributed by atoms with E-state index in [1.54, 1.807) is 11.8 Å². The van der Waals surface area contributed by atoms with Crippen LogP contribution in [0, 0.1) is 13.8 Å². The molecule has 0 fully saturated rings. The number of benzene rings is 1. The lowest BCUT2D eigenvalue weighted by atomic mass is 10.2. The standard InChI is InChI=1S/C19H21N3O2S3/c1-10-11(2)27-19-16(10)18(24)21-15(22-19)9-26-12(3)17(23)20-13-5-7-14(25-4)8-6-13/h5-8,12H,9H2,1-4H3,(H,20,23)(H,21,22,24). The molecule has 0 aliphatic rings. The zero-order valence-corrected chi connectivity index (χ0v) is 18.0. The van der Waals surface area contributed by atoms with Crippen molar-refractivity contribution in [2.75, 3.05) is 11.6 Å². The Morgan fingerprint density at radius 1 is 1.30 bits per heavy atom. The van der Waals surface area contributed by atoms with Gasteiger partial charge in [-0.15, -0.1) is 34.9 Å². The highest BCUT2D eigenvalue weighted by Gasteiger charge is 2.16. The first-order valence-corrected chi connectivity index (χ1v) is 11.5. The largest absolute Gasteiger partial charge is 0.325 e. The van der Waals surface area contributed by atoms with Crippen molar-refractivity contribution < 1.29 is 4.79 Å². The summed E-state index contributed by atoms with van der Waals surface area (Å²) >= 11 is 4.64. The number of nitrogens with zero attached hydrogens (tertiary/aromatic N) is 1. The van der Waals surface area contributed by atoms with E-state index < -0.39 is 0 Å². The molecule has 1 amide bonds. The van der Waals surface area contributed by atoms with Crippen LogP contribution in [0.1, 0.15) is 23.2 Å². The zero-order valence-electron chi connectivity index (χ0n) is 15.6. The third kappa shape index (κ3) is 4.56. The maximum absolute atomic E-state index is 12.4. The van der Waals surface area contributed by atoms with E-state index in [2.05, 4.69) is 15.3 Å². The number of amides is 1. The van der Waals surface area contributed by atoms with Gasteiger partial charge in [0.1, 0.15) is 10.7 Å². The Labute approximate surface area is 170 Å². The Balaban J connectivity index is 1.64. The molecule has 0 aliphatic heterocycles. The summed E-state index contributed by atoms with van der Waals surface area (Å²) in [6.45, 7) is 5.79. The third-order valence-corrected chi connectivity index (χ3v) is 7.28. The fraction of sp³-hybridized carbons (Fsp3) is 0.316. The summed E-state index contributed by atoms with van der Waals surface area (Å²) in [5, 5.41) is 3.33. The van der Waals surface area contributed by atoms with E-state index in [0.717, 1.165) is 25.9 Å². The van der Waals surface area contributed by atoms with Crippen LogP contribution >= 0.6 is 34.9 Å². The van der Waals surface area contributed by atoms with Crippen LogP contribution in [0.5, 0.6) is 0 Å². The van der Waals surface area contributed by atoms with Gasteiger partial charge in [-0.1, -0.05) is 0 Å². The summed E-state index contributed by atoms with van der Waals surface area (Å²) < 4.78 is 0. The van der Waals surface area contributed by atoms with Crippen molar-refractivity contribution in [1.82, 2.24) is 9.97 Å². The number of H-pyrrole nitrogens is 1. The SMILES string of the molecule is CSc1ccc(NC(=O)C(C)SCc2nc3sc(C)c(C)c3c(=O)[nH]2)cc1. The summed E-state index contributed by atoms with van der Waals surface area (Å²) in [6, 6.07) is 7.75. The number of rotatable bonds is 6. The quantitative estimate of drug-likeness (QED) is 0.572. The van der Waals surface area contributed by atoms with Crippen LogP contribution in [0.3, 0.4) is 0 Å². The van der Waals surface area contributed by atoms with Crippen molar-refractivity contribution in [3.8, 4) is 0 Å². The number of carbonyl (C=O) groups excluding carboxylic acids is 1. The Morgan fingerprint density at radius 3 is 2.67 bits per heavy atom. The molecule has 27 heavy (non-hydrogen) atoms. The van der Waals surface area contributed by atoms with Gasteiger partial charge in [-0.2, -0.15) is 0 Å². The van der Waals surface area contributed by atoms with Gasteiger partial charge in [-0.05, 0) is 56.9 Å². The van der Waals surface area contributed by atoms with E-state index in [0.29, 0.717) is 17.0 Å². The molecule has 3 aromatic rings. The molecule has 0 saturated carbocycles. The van der Waals surface area contributed by atoms with Crippen molar-refractivity contribution in [1.29, 1.82) is 0 Å². The van der Waals surface area contributed by atoms with E-state index in [1.165, 1.54) is 23.1 Å². The number of anilines is 1. The van der Waals surface area contributed by atoms with E-state index in [1.807, 2.05) is 51.3 Å². The van der Waals surface area contributed by atoms with Crippen molar-refractivity contribution in [3.63, 3.8) is 0 Å². The van der Waals surface area contributed by atoms with E-state index in [4.69, 9.17) is 0 Å². The number of thiophene rings is 1. The molecule has 0 aliphatic carbocycles. The molecule has 0 saturated heterocycles. The molecule has 1 aromatic carbocycles. The lowest BCUT2D eigenvalue weighted by Gasteiger charge is -2.12. The molecule has 0 radical (unpaired) electrons. The number of hydrogen-bond donors (Lipinski definition) is 2. The molecular weight excluding hydrogens is 398 g/mol. The van der Waals surface area contributed by atoms with Crippen LogP contribution in [-0.4, -0.2) is 27.4 Å². The van der Waals surface area contributed by atoms with Gasteiger partial charge >= 0.3 is 0 Å². The number of fused-ring (bicyclic) bond motifs is 1. The lowest BCUT2D eigenvalue weighted by molar-refractivity contribution is -0.115. The summed E-state index contributed by atoms with van der Waals surface area (Å²) in [5.74, 6) is 1.01. The van der Waals surface area contributed by atoms with Gasteiger partial charge < -0.3 is 10.3 Å². The molecule has 5 nitrogen and oxygen atoms in total. The van der Waals surface area contributed by atoms with Gasteiger partial charge in [0.25, 0.3) is 5.56 Å². The molecule has 8 heteroatoms. The smallest absolute Gasteiger partial charge is 0.259 e. The average Bonchev–Trinajstić information content (AvgIpc) is 2.94. The number of aryl methyl sites for hydroxylation is 2. The highest BCUT2D eigenvalue weighted by Crippen LogP contribution is 2.26. The zero-order chi connectivity index (χ0) is 19.6. The predicted molar refractivity (Wildman–Crippen MR) is 117 cm³/mol. The molecule has 2 aromatic heterocycles. The Morgan fingerprint density at radius 2 is 2.00 bits per heavy atom. The van der Waals surface area contributed by atoms with E-state index in [-0.39, 0.29) is 16.7 Å². The second-order valence-corrected chi connectivity index (χ2v) is 9.56. The molecule has 1 atom stereocenters. The van der Waals surface area contributed by atoms with Crippen LogP contribution in [0.25, 0.3) is 10.2 Å². The predicted octanol–water partition coefficient (Wildman–Crippen LogP) is 4.58. The van der Waals surface area contributed by atoms with Crippen molar-refractivity contribution in [2.45, 2.75) is 36.7 Å². The van der Waals surface area contributed by atoms with Crippen molar-refractivity contribution in [3.05, 3.63) is 50.9 Å². The van der Waals surface area contributed by atoms with Crippen LogP contribution in [0.4, 0.5) is 5.69 Å². The third-order valence-electron chi connectivity index (χ3n) is 4.28. The van der Waals surface area contributed by atoms with E-state index >= 15 is 0 Å². The van der Waals surface area contributed by atoms with Crippen molar-refractivity contribution >= 4 is 56.7 Å². The minimum absolute atomic E-state index is 0.0665. The number of carbonyl (C=O) groups is 1. The van der Waals surface area contributed by atoms with Gasteiger partial charge in [0.05, 0.1) is 16.4 Å². The monoisotopic (exact) mass is 419 g/mol. The van der Waals surface area contributed by atoms with Crippen molar-refractivity contribution in [2.24, 2.45) is 0 Å². The van der Waals surface area contributed by atoms with Gasteiger partial charge in [-0.3, -0.25) is 9.59 Å². The van der Waals surface area contributed by atoms with Crippen LogP contribution < -0.4 is 10.9 Å². The Bertz CT molecular complexity index is 1030. The maximum atomic E-state index is 12.4. The first kappa shape index (κ1) is 20.0. The van der Waals surface area contributed by atoms with Gasteiger partial charge in [0.2, 0.25) is 5.91 Å². The van der Waals surface area contributed by atoms with Crippen LogP contribution in [0.15, 0.2) is 34.0 Å². The number of hydrogen-bond acceptors (Lipinski definition) is 6. The highest BCUT2D eigenvalue weighted by atomic mass is 32.2. The molecule has 2 N–H and O–H groups in total. The molecular formula is C19H21N3O2S3. The minimum atomic E-state index is -0.266. The van der Waals surface area contributed by atoms with Gasteiger partial charge in [-0.25, -0.2) is 4.98 Å². The van der Waals surface area contributed by atoms with E-state index in [9.17, 15) is 9.59 Å². The molecule has 1 unspecified atom stereocenters. The number of aromatic amines is 1. The first-order chi connectivity index (χ1) is 12.9. The Hall–Kier alpha value is -1.77. The number of nitrogens with one attached hydrogen (secondary N) is 2. The normalized spacial score (nSPS) is 12.3. The summed E-state index contributed by atoms with van der Waals surface area (Å²) in [7, 11) is 0. The second kappa shape index (κ2) is 8.50. The fourth-order valence-corrected chi connectivity index (χ4v) is 4.78. The molecule has 2 heterocycles. The van der Waals surface area contributed by atoms with Crippen LogP contribution in [0.2, 0.25) is 0 Å². The number of thioether (sulfide) groups is 2. The Kier molecular flexibility index (Phi) is 6.29. The summed E-state index contributed by atoms with van der Waals surface area (Å²) in [4.78, 5) is 35.1.